The summed E-state index contributed by atoms with van der Waals surface area (Å²) in [6.45, 7) is 5.01. The first-order valence-corrected chi connectivity index (χ1v) is 7.78. The van der Waals surface area contributed by atoms with Gasteiger partial charge in [-0.15, -0.1) is 0 Å². The third-order valence-electron chi connectivity index (χ3n) is 3.92. The Morgan fingerprint density at radius 2 is 2.18 bits per heavy atom. The number of nitrogens with one attached hydrogen (secondary N) is 1. The number of halogens is 1. The van der Waals surface area contributed by atoms with Gasteiger partial charge in [0.1, 0.15) is 0 Å². The summed E-state index contributed by atoms with van der Waals surface area (Å²) in [7, 11) is 3.25. The molecule has 1 aromatic rings. The molecule has 22 heavy (non-hydrogen) atoms. The Morgan fingerprint density at radius 3 is 2.82 bits per heavy atom. The largest absolute Gasteiger partial charge is 0.493 e. The molecule has 5 nitrogen and oxygen atoms in total. The van der Waals surface area contributed by atoms with Crippen molar-refractivity contribution in [2.24, 2.45) is 5.92 Å². The maximum atomic E-state index is 11.0. The van der Waals surface area contributed by atoms with Crippen LogP contribution in [0.2, 0.25) is 5.02 Å². The van der Waals surface area contributed by atoms with E-state index in [0.717, 1.165) is 43.9 Å². The molecule has 1 aliphatic heterocycles. The Hall–Kier alpha value is -1.46. The summed E-state index contributed by atoms with van der Waals surface area (Å²) in [5, 5.41) is 3.53. The van der Waals surface area contributed by atoms with E-state index in [9.17, 15) is 4.79 Å². The fourth-order valence-corrected chi connectivity index (χ4v) is 3.11. The third kappa shape index (κ3) is 4.27. The van der Waals surface area contributed by atoms with Crippen molar-refractivity contribution in [2.45, 2.75) is 19.9 Å². The molecule has 122 valence electrons. The molecule has 1 heterocycles. The van der Waals surface area contributed by atoms with Crippen LogP contribution in [0.15, 0.2) is 12.1 Å². The van der Waals surface area contributed by atoms with Crippen LogP contribution in [-0.2, 0) is 11.3 Å². The number of benzene rings is 1. The normalized spacial score (nSPS) is 18.3. The predicted octanol–water partition coefficient (Wildman–Crippen LogP) is 2.32. The highest BCUT2D eigenvalue weighted by Crippen LogP contribution is 2.35. The molecule has 1 atom stereocenters. The van der Waals surface area contributed by atoms with E-state index >= 15 is 0 Å². The number of rotatable bonds is 6. The third-order valence-corrected chi connectivity index (χ3v) is 4.14. The van der Waals surface area contributed by atoms with Crippen molar-refractivity contribution < 1.29 is 14.3 Å². The van der Waals surface area contributed by atoms with Crippen LogP contribution < -0.4 is 14.8 Å². The zero-order chi connectivity index (χ0) is 16.1. The average molecular weight is 327 g/mol. The second-order valence-corrected chi connectivity index (χ2v) is 6.06. The second kappa shape index (κ2) is 7.70. The lowest BCUT2D eigenvalue weighted by Crippen LogP contribution is -2.29. The van der Waals surface area contributed by atoms with Gasteiger partial charge in [0.25, 0.3) is 0 Å². The summed E-state index contributed by atoms with van der Waals surface area (Å²) in [6, 6.07) is 3.68. The number of methoxy groups -OCH3 is 2. The van der Waals surface area contributed by atoms with Gasteiger partial charge in [0.2, 0.25) is 5.91 Å². The van der Waals surface area contributed by atoms with Gasteiger partial charge in [-0.25, -0.2) is 0 Å². The van der Waals surface area contributed by atoms with E-state index in [1.807, 2.05) is 6.07 Å². The van der Waals surface area contributed by atoms with Crippen LogP contribution in [0.4, 0.5) is 0 Å². The van der Waals surface area contributed by atoms with Gasteiger partial charge in [-0.3, -0.25) is 9.69 Å². The molecule has 0 radical (unpaired) electrons. The second-order valence-electron chi connectivity index (χ2n) is 5.63. The van der Waals surface area contributed by atoms with Gasteiger partial charge in [-0.05, 0) is 24.9 Å². The average Bonchev–Trinajstić information content (AvgIpc) is 2.92. The van der Waals surface area contributed by atoms with Gasteiger partial charge in [-0.2, -0.15) is 0 Å². The zero-order valence-electron chi connectivity index (χ0n) is 13.3. The first-order chi connectivity index (χ1) is 10.5. The highest BCUT2D eigenvalue weighted by Gasteiger charge is 2.24. The first kappa shape index (κ1) is 16.9. The summed E-state index contributed by atoms with van der Waals surface area (Å²) < 4.78 is 10.8. The van der Waals surface area contributed by atoms with Crippen LogP contribution in [0.3, 0.4) is 0 Å². The molecule has 1 saturated heterocycles. The monoisotopic (exact) mass is 326 g/mol. The summed E-state index contributed by atoms with van der Waals surface area (Å²) in [4.78, 5) is 13.3. The summed E-state index contributed by atoms with van der Waals surface area (Å²) >= 11 is 6.15. The van der Waals surface area contributed by atoms with Crippen molar-refractivity contribution in [1.82, 2.24) is 10.2 Å². The van der Waals surface area contributed by atoms with Crippen LogP contribution in [0, 0.1) is 5.92 Å². The van der Waals surface area contributed by atoms with Gasteiger partial charge in [-0.1, -0.05) is 11.6 Å². The molecular formula is C16H23ClN2O3. The molecule has 1 unspecified atom stereocenters. The smallest absolute Gasteiger partial charge is 0.216 e. The van der Waals surface area contributed by atoms with E-state index in [-0.39, 0.29) is 5.91 Å². The van der Waals surface area contributed by atoms with Crippen molar-refractivity contribution in [3.8, 4) is 11.5 Å². The number of hydrogen-bond donors (Lipinski definition) is 1. The van der Waals surface area contributed by atoms with Gasteiger partial charge in [0.15, 0.2) is 11.5 Å². The Balaban J connectivity index is 2.02. The van der Waals surface area contributed by atoms with Crippen LogP contribution in [0.5, 0.6) is 11.5 Å². The molecule has 0 bridgehead atoms. The molecule has 0 aliphatic carbocycles. The summed E-state index contributed by atoms with van der Waals surface area (Å²) in [5.41, 5.74) is 1.02. The van der Waals surface area contributed by atoms with E-state index < -0.39 is 0 Å². The minimum absolute atomic E-state index is 0.0275. The van der Waals surface area contributed by atoms with Crippen molar-refractivity contribution in [3.05, 3.63) is 22.7 Å². The molecule has 1 amide bonds. The zero-order valence-corrected chi connectivity index (χ0v) is 14.1. The lowest BCUT2D eigenvalue weighted by atomic mass is 10.1. The van der Waals surface area contributed by atoms with Crippen molar-refractivity contribution >= 4 is 17.5 Å². The van der Waals surface area contributed by atoms with E-state index in [2.05, 4.69) is 10.2 Å². The maximum absolute atomic E-state index is 11.0. The Bertz CT molecular complexity index is 536. The van der Waals surface area contributed by atoms with E-state index in [1.165, 1.54) is 0 Å². The molecule has 1 aromatic carbocycles. The molecular weight excluding hydrogens is 304 g/mol. The number of hydrogen-bond acceptors (Lipinski definition) is 4. The molecule has 2 rings (SSSR count). The van der Waals surface area contributed by atoms with Gasteiger partial charge >= 0.3 is 0 Å². The maximum Gasteiger partial charge on any atom is 0.216 e. The SMILES string of the molecule is COc1cc(Cl)cc(CN2CCC(CNC(C)=O)C2)c1OC. The fraction of sp³-hybridized carbons (Fsp3) is 0.562. The number of ether oxygens (including phenoxy) is 2. The standard InChI is InChI=1S/C16H23ClN2O3/c1-11(20)18-8-12-4-5-19(9-12)10-13-6-14(17)7-15(21-2)16(13)22-3/h6-7,12H,4-5,8-10H2,1-3H3,(H,18,20). The molecule has 1 aliphatic rings. The minimum atomic E-state index is 0.0275. The fourth-order valence-electron chi connectivity index (χ4n) is 2.88. The van der Waals surface area contributed by atoms with Crippen LogP contribution in [-0.4, -0.2) is 44.7 Å². The van der Waals surface area contributed by atoms with Crippen LogP contribution >= 0.6 is 11.6 Å². The molecule has 1 N–H and O–H groups in total. The lowest BCUT2D eigenvalue weighted by Gasteiger charge is -2.19. The summed E-state index contributed by atoms with van der Waals surface area (Å²) in [6.07, 6.45) is 1.08. The van der Waals surface area contributed by atoms with E-state index in [0.29, 0.717) is 16.7 Å². The van der Waals surface area contributed by atoms with E-state index in [1.54, 1.807) is 27.2 Å². The minimum Gasteiger partial charge on any atom is -0.493 e. The van der Waals surface area contributed by atoms with Crippen LogP contribution in [0.1, 0.15) is 18.9 Å². The quantitative estimate of drug-likeness (QED) is 0.871. The molecule has 0 aromatic heterocycles. The van der Waals surface area contributed by atoms with Gasteiger partial charge in [0, 0.05) is 43.2 Å². The highest BCUT2D eigenvalue weighted by molar-refractivity contribution is 6.30. The van der Waals surface area contributed by atoms with Gasteiger partial charge < -0.3 is 14.8 Å². The molecule has 0 spiro atoms. The number of nitrogens with zero attached hydrogens (tertiary/aromatic N) is 1. The number of likely N-dealkylation sites (tertiary alicyclic amines) is 1. The molecule has 0 saturated carbocycles. The Labute approximate surface area is 136 Å². The molecule has 1 fully saturated rings. The topological polar surface area (TPSA) is 50.8 Å². The van der Waals surface area contributed by atoms with Gasteiger partial charge in [0.05, 0.1) is 14.2 Å². The Morgan fingerprint density at radius 1 is 1.41 bits per heavy atom. The number of carbonyl (C=O) groups is 1. The van der Waals surface area contributed by atoms with Crippen molar-refractivity contribution in [2.75, 3.05) is 33.9 Å². The summed E-state index contributed by atoms with van der Waals surface area (Å²) in [5.74, 6) is 1.91. The van der Waals surface area contributed by atoms with Crippen LogP contribution in [0.25, 0.3) is 0 Å². The lowest BCUT2D eigenvalue weighted by molar-refractivity contribution is -0.119. The number of carbonyl (C=O) groups excluding carboxylic acids is 1. The number of amides is 1. The van der Waals surface area contributed by atoms with Crippen molar-refractivity contribution in [1.29, 1.82) is 0 Å². The highest BCUT2D eigenvalue weighted by atomic mass is 35.5. The van der Waals surface area contributed by atoms with E-state index in [4.69, 9.17) is 21.1 Å². The Kier molecular flexibility index (Phi) is 5.91. The van der Waals surface area contributed by atoms with Crippen molar-refractivity contribution in [3.63, 3.8) is 0 Å². The predicted molar refractivity (Wildman–Crippen MR) is 86.6 cm³/mol. The molecule has 6 heteroatoms. The first-order valence-electron chi connectivity index (χ1n) is 7.40.